The second kappa shape index (κ2) is 8.36. The molecule has 0 saturated carbocycles. The Morgan fingerprint density at radius 3 is 2.41 bits per heavy atom. The molecule has 1 amide bonds. The Morgan fingerprint density at radius 2 is 1.78 bits per heavy atom. The Bertz CT molecular complexity index is 919. The standard InChI is InChI=1S/C22H23N3O2/c1-15-4-8-19(12-16(15)2)25-22(26)18-7-11-21(24-14-18)23-13-17-5-9-20(27-3)10-6-17/h4-12,14H,13H2,1-3H3,(H,23,24)(H,25,26). The first-order chi connectivity index (χ1) is 13.0. The van der Waals surface area contributed by atoms with Crippen LogP contribution in [0.4, 0.5) is 11.5 Å². The molecule has 3 aromatic rings. The van der Waals surface area contributed by atoms with Gasteiger partial charge in [-0.2, -0.15) is 0 Å². The minimum absolute atomic E-state index is 0.174. The van der Waals surface area contributed by atoms with Crippen LogP contribution in [0.15, 0.2) is 60.8 Å². The first kappa shape index (κ1) is 18.5. The van der Waals surface area contributed by atoms with Crippen LogP contribution in [0, 0.1) is 13.8 Å². The molecule has 2 N–H and O–H groups in total. The highest BCUT2D eigenvalue weighted by Gasteiger charge is 2.07. The number of ether oxygens (including phenoxy) is 1. The van der Waals surface area contributed by atoms with E-state index in [1.807, 2.05) is 56.3 Å². The number of amides is 1. The summed E-state index contributed by atoms with van der Waals surface area (Å²) < 4.78 is 5.15. The van der Waals surface area contributed by atoms with E-state index in [1.54, 1.807) is 25.4 Å². The fourth-order valence-electron chi connectivity index (χ4n) is 2.59. The van der Waals surface area contributed by atoms with Crippen LogP contribution in [0.3, 0.4) is 0 Å². The lowest BCUT2D eigenvalue weighted by Crippen LogP contribution is -2.12. The van der Waals surface area contributed by atoms with Gasteiger partial charge >= 0.3 is 0 Å². The summed E-state index contributed by atoms with van der Waals surface area (Å²) in [6.45, 7) is 4.71. The van der Waals surface area contributed by atoms with E-state index in [0.717, 1.165) is 22.6 Å². The maximum atomic E-state index is 12.4. The van der Waals surface area contributed by atoms with Gasteiger partial charge in [-0.15, -0.1) is 0 Å². The van der Waals surface area contributed by atoms with Crippen molar-refractivity contribution in [1.29, 1.82) is 0 Å². The topological polar surface area (TPSA) is 63.2 Å². The molecule has 1 aromatic heterocycles. The largest absolute Gasteiger partial charge is 0.497 e. The number of nitrogens with zero attached hydrogens (tertiary/aromatic N) is 1. The predicted molar refractivity (Wildman–Crippen MR) is 108 cm³/mol. The van der Waals surface area contributed by atoms with E-state index in [9.17, 15) is 4.79 Å². The second-order valence-corrected chi connectivity index (χ2v) is 6.39. The van der Waals surface area contributed by atoms with Crippen molar-refractivity contribution < 1.29 is 9.53 Å². The summed E-state index contributed by atoms with van der Waals surface area (Å²) in [5.74, 6) is 1.37. The van der Waals surface area contributed by atoms with Crippen LogP contribution in [0.25, 0.3) is 0 Å². The van der Waals surface area contributed by atoms with Gasteiger partial charge in [-0.1, -0.05) is 18.2 Å². The number of carbonyl (C=O) groups excluding carboxylic acids is 1. The summed E-state index contributed by atoms with van der Waals surface area (Å²) in [4.78, 5) is 16.7. The van der Waals surface area contributed by atoms with E-state index in [-0.39, 0.29) is 5.91 Å². The molecule has 138 valence electrons. The number of hydrogen-bond acceptors (Lipinski definition) is 4. The Kier molecular flexibility index (Phi) is 5.71. The van der Waals surface area contributed by atoms with Crippen LogP contribution < -0.4 is 15.4 Å². The van der Waals surface area contributed by atoms with Gasteiger partial charge in [0, 0.05) is 18.4 Å². The third kappa shape index (κ3) is 4.85. The van der Waals surface area contributed by atoms with Crippen molar-refractivity contribution >= 4 is 17.4 Å². The number of methoxy groups -OCH3 is 1. The predicted octanol–water partition coefficient (Wildman–Crippen LogP) is 4.57. The van der Waals surface area contributed by atoms with Crippen LogP contribution in [0.1, 0.15) is 27.0 Å². The number of carbonyl (C=O) groups is 1. The second-order valence-electron chi connectivity index (χ2n) is 6.39. The van der Waals surface area contributed by atoms with Gasteiger partial charge in [0.1, 0.15) is 11.6 Å². The van der Waals surface area contributed by atoms with E-state index in [0.29, 0.717) is 17.9 Å². The van der Waals surface area contributed by atoms with Gasteiger partial charge in [0.05, 0.1) is 12.7 Å². The van der Waals surface area contributed by atoms with Gasteiger partial charge in [0.25, 0.3) is 5.91 Å². The van der Waals surface area contributed by atoms with Gasteiger partial charge < -0.3 is 15.4 Å². The van der Waals surface area contributed by atoms with E-state index in [1.165, 1.54) is 5.56 Å². The summed E-state index contributed by atoms with van der Waals surface area (Å²) >= 11 is 0. The van der Waals surface area contributed by atoms with Gasteiger partial charge in [0.2, 0.25) is 0 Å². The van der Waals surface area contributed by atoms with E-state index < -0.39 is 0 Å². The van der Waals surface area contributed by atoms with Crippen molar-refractivity contribution in [3.8, 4) is 5.75 Å². The lowest BCUT2D eigenvalue weighted by atomic mass is 10.1. The number of nitrogens with one attached hydrogen (secondary N) is 2. The summed E-state index contributed by atoms with van der Waals surface area (Å²) in [5, 5.41) is 6.15. The van der Waals surface area contributed by atoms with Crippen LogP contribution in [-0.4, -0.2) is 18.0 Å². The van der Waals surface area contributed by atoms with Crippen LogP contribution in [0.5, 0.6) is 5.75 Å². The number of aryl methyl sites for hydroxylation is 2. The molecular formula is C22H23N3O2. The highest BCUT2D eigenvalue weighted by molar-refractivity contribution is 6.04. The maximum Gasteiger partial charge on any atom is 0.257 e. The van der Waals surface area contributed by atoms with Crippen LogP contribution >= 0.6 is 0 Å². The zero-order valence-electron chi connectivity index (χ0n) is 15.7. The Morgan fingerprint density at radius 1 is 1.00 bits per heavy atom. The molecule has 1 heterocycles. The average Bonchev–Trinajstić information content (AvgIpc) is 2.70. The van der Waals surface area contributed by atoms with Gasteiger partial charge in [-0.3, -0.25) is 4.79 Å². The van der Waals surface area contributed by atoms with E-state index in [2.05, 4.69) is 15.6 Å². The lowest BCUT2D eigenvalue weighted by Gasteiger charge is -2.09. The van der Waals surface area contributed by atoms with E-state index in [4.69, 9.17) is 4.74 Å². The lowest BCUT2D eigenvalue weighted by molar-refractivity contribution is 0.102. The number of hydrogen-bond donors (Lipinski definition) is 2. The molecule has 27 heavy (non-hydrogen) atoms. The third-order valence-electron chi connectivity index (χ3n) is 4.42. The highest BCUT2D eigenvalue weighted by atomic mass is 16.5. The summed E-state index contributed by atoms with van der Waals surface area (Å²) in [6, 6.07) is 17.3. The monoisotopic (exact) mass is 361 g/mol. The fraction of sp³-hybridized carbons (Fsp3) is 0.182. The number of rotatable bonds is 6. The van der Waals surface area contributed by atoms with E-state index >= 15 is 0 Å². The van der Waals surface area contributed by atoms with Crippen molar-refractivity contribution in [2.45, 2.75) is 20.4 Å². The van der Waals surface area contributed by atoms with Crippen molar-refractivity contribution in [2.24, 2.45) is 0 Å². The number of benzene rings is 2. The number of pyridine rings is 1. The molecule has 0 bridgehead atoms. The molecule has 0 saturated heterocycles. The molecule has 0 unspecified atom stereocenters. The fourth-order valence-corrected chi connectivity index (χ4v) is 2.59. The Balaban J connectivity index is 1.58. The maximum absolute atomic E-state index is 12.4. The SMILES string of the molecule is COc1ccc(CNc2ccc(C(=O)Nc3ccc(C)c(C)c3)cn2)cc1. The molecule has 2 aromatic carbocycles. The zero-order chi connectivity index (χ0) is 19.2. The minimum Gasteiger partial charge on any atom is -0.497 e. The molecule has 5 heteroatoms. The normalized spacial score (nSPS) is 10.3. The molecule has 3 rings (SSSR count). The molecule has 0 fully saturated rings. The third-order valence-corrected chi connectivity index (χ3v) is 4.42. The average molecular weight is 361 g/mol. The van der Waals surface area contributed by atoms with Crippen molar-refractivity contribution in [3.05, 3.63) is 83.0 Å². The van der Waals surface area contributed by atoms with Crippen LogP contribution in [0.2, 0.25) is 0 Å². The zero-order valence-corrected chi connectivity index (χ0v) is 15.7. The number of aromatic nitrogens is 1. The van der Waals surface area contributed by atoms with Crippen molar-refractivity contribution in [3.63, 3.8) is 0 Å². The molecule has 0 spiro atoms. The summed E-state index contributed by atoms with van der Waals surface area (Å²) in [6.07, 6.45) is 1.58. The first-order valence-electron chi connectivity index (χ1n) is 8.76. The molecule has 0 radical (unpaired) electrons. The number of anilines is 2. The molecular weight excluding hydrogens is 338 g/mol. The van der Waals surface area contributed by atoms with Crippen LogP contribution in [-0.2, 0) is 6.54 Å². The molecule has 0 atom stereocenters. The molecule has 5 nitrogen and oxygen atoms in total. The van der Waals surface area contributed by atoms with Crippen molar-refractivity contribution in [2.75, 3.05) is 17.7 Å². The minimum atomic E-state index is -0.174. The summed E-state index contributed by atoms with van der Waals surface area (Å²) in [5.41, 5.74) is 4.76. The highest BCUT2D eigenvalue weighted by Crippen LogP contribution is 2.16. The van der Waals surface area contributed by atoms with Gasteiger partial charge in [0.15, 0.2) is 0 Å². The van der Waals surface area contributed by atoms with Gasteiger partial charge in [-0.25, -0.2) is 4.98 Å². The Labute approximate surface area is 159 Å². The quantitative estimate of drug-likeness (QED) is 0.675. The Hall–Kier alpha value is -3.34. The van der Waals surface area contributed by atoms with Gasteiger partial charge in [-0.05, 0) is 66.9 Å². The molecule has 0 aliphatic heterocycles. The van der Waals surface area contributed by atoms with Crippen molar-refractivity contribution in [1.82, 2.24) is 4.98 Å². The first-order valence-corrected chi connectivity index (χ1v) is 8.76. The molecule has 0 aliphatic carbocycles. The smallest absolute Gasteiger partial charge is 0.257 e. The molecule has 0 aliphatic rings. The summed E-state index contributed by atoms with van der Waals surface area (Å²) in [7, 11) is 1.65.